The molecule has 0 saturated heterocycles. The minimum atomic E-state index is -3.51. The van der Waals surface area contributed by atoms with Gasteiger partial charge in [0.15, 0.2) is 0 Å². The van der Waals surface area contributed by atoms with Gasteiger partial charge < -0.3 is 5.73 Å². The number of nitrogens with two attached hydrogens (primary N) is 1. The van der Waals surface area contributed by atoms with Crippen LogP contribution in [0.5, 0.6) is 0 Å². The van der Waals surface area contributed by atoms with Gasteiger partial charge in [0, 0.05) is 16.7 Å². The van der Waals surface area contributed by atoms with E-state index in [1.807, 2.05) is 13.2 Å². The maximum atomic E-state index is 12.1. The summed E-state index contributed by atoms with van der Waals surface area (Å²) < 4.78 is 27.3. The number of hydrogen-bond acceptors (Lipinski definition) is 4. The zero-order valence-electron chi connectivity index (χ0n) is 10.3. The van der Waals surface area contributed by atoms with E-state index in [2.05, 4.69) is 20.7 Å². The smallest absolute Gasteiger partial charge is 0.241 e. The number of sulfonamides is 1. The Morgan fingerprint density at radius 3 is 2.78 bits per heavy atom. The van der Waals surface area contributed by atoms with E-state index in [-0.39, 0.29) is 10.8 Å². The standard InChI is InChI=1S/C11H17BrN2O2S2/c1-8(7-17-2)6-14-18(15,16)11-5-9(13)3-4-10(11)12/h3-5,8,14H,6-7,13H2,1-2H3. The molecule has 1 aromatic rings. The lowest BCUT2D eigenvalue weighted by atomic mass is 10.2. The van der Waals surface area contributed by atoms with Gasteiger partial charge in [-0.3, -0.25) is 0 Å². The molecule has 0 aliphatic heterocycles. The number of halogens is 1. The summed E-state index contributed by atoms with van der Waals surface area (Å²) in [5.41, 5.74) is 6.04. The Bertz CT molecular complexity index is 506. The average molecular weight is 353 g/mol. The summed E-state index contributed by atoms with van der Waals surface area (Å²) in [6.45, 7) is 2.43. The zero-order chi connectivity index (χ0) is 13.8. The molecule has 1 rings (SSSR count). The van der Waals surface area contributed by atoms with Crippen LogP contribution in [0.3, 0.4) is 0 Å². The predicted molar refractivity (Wildman–Crippen MR) is 81.3 cm³/mol. The van der Waals surface area contributed by atoms with E-state index in [9.17, 15) is 8.42 Å². The van der Waals surface area contributed by atoms with Gasteiger partial charge in [0.25, 0.3) is 0 Å². The van der Waals surface area contributed by atoms with Gasteiger partial charge in [-0.25, -0.2) is 13.1 Å². The van der Waals surface area contributed by atoms with Crippen LogP contribution < -0.4 is 10.5 Å². The van der Waals surface area contributed by atoms with Gasteiger partial charge in [0.2, 0.25) is 10.0 Å². The average Bonchev–Trinajstić information content (AvgIpc) is 2.30. The molecule has 0 saturated carbocycles. The molecule has 3 N–H and O–H groups in total. The van der Waals surface area contributed by atoms with Crippen LogP contribution >= 0.6 is 27.7 Å². The van der Waals surface area contributed by atoms with Gasteiger partial charge in [0.1, 0.15) is 0 Å². The van der Waals surface area contributed by atoms with Crippen LogP contribution in [-0.4, -0.2) is 27.0 Å². The van der Waals surface area contributed by atoms with Crippen LogP contribution in [0.2, 0.25) is 0 Å². The fourth-order valence-corrected chi connectivity index (χ4v) is 4.25. The molecule has 0 heterocycles. The van der Waals surface area contributed by atoms with Crippen molar-refractivity contribution in [3.63, 3.8) is 0 Å². The van der Waals surface area contributed by atoms with Crippen molar-refractivity contribution in [1.29, 1.82) is 0 Å². The van der Waals surface area contributed by atoms with Crippen LogP contribution in [-0.2, 0) is 10.0 Å². The molecule has 0 bridgehead atoms. The summed E-state index contributed by atoms with van der Waals surface area (Å²) in [5.74, 6) is 1.20. The fourth-order valence-electron chi connectivity index (χ4n) is 1.40. The van der Waals surface area contributed by atoms with Crippen molar-refractivity contribution in [2.24, 2.45) is 5.92 Å². The molecule has 1 atom stereocenters. The number of hydrogen-bond donors (Lipinski definition) is 2. The summed E-state index contributed by atoms with van der Waals surface area (Å²) in [7, 11) is -3.51. The molecule has 0 radical (unpaired) electrons. The molecule has 0 aliphatic carbocycles. The summed E-state index contributed by atoms with van der Waals surface area (Å²) in [4.78, 5) is 0.179. The molecule has 0 fully saturated rings. The molecule has 0 amide bonds. The van der Waals surface area contributed by atoms with Gasteiger partial charge in [-0.15, -0.1) is 0 Å². The molecule has 1 unspecified atom stereocenters. The van der Waals surface area contributed by atoms with Crippen LogP contribution in [0.15, 0.2) is 27.6 Å². The van der Waals surface area contributed by atoms with Crippen LogP contribution in [0.25, 0.3) is 0 Å². The lowest BCUT2D eigenvalue weighted by molar-refractivity contribution is 0.562. The van der Waals surface area contributed by atoms with Gasteiger partial charge in [0.05, 0.1) is 4.90 Å². The lowest BCUT2D eigenvalue weighted by Crippen LogP contribution is -2.29. The second-order valence-corrected chi connectivity index (χ2v) is 7.60. The monoisotopic (exact) mass is 352 g/mol. The third kappa shape index (κ3) is 4.46. The molecule has 4 nitrogen and oxygen atoms in total. The summed E-state index contributed by atoms with van der Waals surface area (Å²) >= 11 is 4.92. The Morgan fingerprint density at radius 2 is 2.17 bits per heavy atom. The highest BCUT2D eigenvalue weighted by Gasteiger charge is 2.18. The van der Waals surface area contributed by atoms with Crippen LogP contribution in [0.1, 0.15) is 6.92 Å². The Morgan fingerprint density at radius 1 is 1.50 bits per heavy atom. The number of benzene rings is 1. The molecule has 7 heteroatoms. The topological polar surface area (TPSA) is 72.2 Å². The molecule has 0 aromatic heterocycles. The number of thioether (sulfide) groups is 1. The predicted octanol–water partition coefficient (Wildman–Crippen LogP) is 2.31. The van der Waals surface area contributed by atoms with E-state index in [1.54, 1.807) is 23.9 Å². The maximum absolute atomic E-state index is 12.1. The highest BCUT2D eigenvalue weighted by atomic mass is 79.9. The molecule has 18 heavy (non-hydrogen) atoms. The van der Waals surface area contributed by atoms with Gasteiger partial charge in [-0.2, -0.15) is 11.8 Å². The Balaban J connectivity index is 2.83. The first kappa shape index (κ1) is 15.8. The number of anilines is 1. The van der Waals surface area contributed by atoms with E-state index < -0.39 is 10.0 Å². The molecule has 102 valence electrons. The number of nitrogen functional groups attached to an aromatic ring is 1. The second-order valence-electron chi connectivity index (χ2n) is 4.10. The van der Waals surface area contributed by atoms with Crippen LogP contribution in [0.4, 0.5) is 5.69 Å². The Hall–Kier alpha value is -0.240. The van der Waals surface area contributed by atoms with Crippen LogP contribution in [0, 0.1) is 5.92 Å². The van der Waals surface area contributed by atoms with Crippen molar-refractivity contribution in [3.05, 3.63) is 22.7 Å². The van der Waals surface area contributed by atoms with E-state index in [4.69, 9.17) is 5.73 Å². The number of nitrogens with one attached hydrogen (secondary N) is 1. The summed E-state index contributed by atoms with van der Waals surface area (Å²) in [6.07, 6.45) is 2.00. The normalized spacial score (nSPS) is 13.5. The van der Waals surface area contributed by atoms with Crippen molar-refractivity contribution in [2.45, 2.75) is 11.8 Å². The van der Waals surface area contributed by atoms with Gasteiger partial charge >= 0.3 is 0 Å². The third-order valence-corrected chi connectivity index (χ3v) is 5.64. The van der Waals surface area contributed by atoms with Gasteiger partial charge in [-0.05, 0) is 52.1 Å². The molecular weight excluding hydrogens is 336 g/mol. The molecular formula is C11H17BrN2O2S2. The highest BCUT2D eigenvalue weighted by molar-refractivity contribution is 9.10. The van der Waals surface area contributed by atoms with E-state index in [1.165, 1.54) is 6.07 Å². The lowest BCUT2D eigenvalue weighted by Gasteiger charge is -2.13. The Kier molecular flexibility index (Phi) is 5.97. The third-order valence-electron chi connectivity index (χ3n) is 2.32. The minimum Gasteiger partial charge on any atom is -0.399 e. The first-order chi connectivity index (χ1) is 8.36. The van der Waals surface area contributed by atoms with Crippen molar-refractivity contribution in [2.75, 3.05) is 24.3 Å². The van der Waals surface area contributed by atoms with Gasteiger partial charge in [-0.1, -0.05) is 6.92 Å². The maximum Gasteiger partial charge on any atom is 0.241 e. The molecule has 1 aromatic carbocycles. The second kappa shape index (κ2) is 6.79. The van der Waals surface area contributed by atoms with Crippen molar-refractivity contribution < 1.29 is 8.42 Å². The van der Waals surface area contributed by atoms with Crippen molar-refractivity contribution >= 4 is 43.4 Å². The molecule has 0 aliphatic rings. The first-order valence-corrected chi connectivity index (χ1v) is 9.07. The SMILES string of the molecule is CSCC(C)CNS(=O)(=O)c1cc(N)ccc1Br. The fraction of sp³-hybridized carbons (Fsp3) is 0.455. The van der Waals surface area contributed by atoms with E-state index in [0.29, 0.717) is 16.7 Å². The number of rotatable bonds is 6. The summed E-state index contributed by atoms with van der Waals surface area (Å²) in [6, 6.07) is 4.74. The largest absolute Gasteiger partial charge is 0.399 e. The van der Waals surface area contributed by atoms with Crippen molar-refractivity contribution in [1.82, 2.24) is 4.72 Å². The minimum absolute atomic E-state index is 0.179. The van der Waals surface area contributed by atoms with Crippen molar-refractivity contribution in [3.8, 4) is 0 Å². The van der Waals surface area contributed by atoms with E-state index in [0.717, 1.165) is 5.75 Å². The first-order valence-electron chi connectivity index (χ1n) is 5.40. The zero-order valence-corrected chi connectivity index (χ0v) is 13.5. The Labute approximate surface area is 121 Å². The quantitative estimate of drug-likeness (QED) is 0.770. The van der Waals surface area contributed by atoms with E-state index >= 15 is 0 Å². The molecule has 0 spiro atoms. The highest BCUT2D eigenvalue weighted by Crippen LogP contribution is 2.24. The summed E-state index contributed by atoms with van der Waals surface area (Å²) in [5, 5.41) is 0.